The van der Waals surface area contributed by atoms with Crippen LogP contribution in [0.15, 0.2) is 35.1 Å². The third kappa shape index (κ3) is 2.62. The molecule has 1 aromatic carbocycles. The Balaban J connectivity index is 2.25. The van der Waals surface area contributed by atoms with Gasteiger partial charge in [-0.3, -0.25) is 0 Å². The molecule has 1 N–H and O–H groups in total. The maximum absolute atomic E-state index is 13.7. The molecule has 0 saturated heterocycles. The standard InChI is InChI=1S/C13H14BrFN2O/c1-2-17-7-6-16-12(17)8-11(18)13-9(14)4-3-5-10(13)15/h3-7,11,18H,2,8H2,1H3. The van der Waals surface area contributed by atoms with Crippen molar-refractivity contribution in [1.82, 2.24) is 9.55 Å². The number of aliphatic hydroxyl groups is 1. The van der Waals surface area contributed by atoms with E-state index in [2.05, 4.69) is 20.9 Å². The lowest BCUT2D eigenvalue weighted by Crippen LogP contribution is -2.10. The van der Waals surface area contributed by atoms with Crippen LogP contribution < -0.4 is 0 Å². The Morgan fingerprint density at radius 3 is 2.94 bits per heavy atom. The zero-order valence-electron chi connectivity index (χ0n) is 9.98. The third-order valence-corrected chi connectivity index (χ3v) is 3.54. The van der Waals surface area contributed by atoms with E-state index in [1.807, 2.05) is 17.7 Å². The average Bonchev–Trinajstić information content (AvgIpc) is 2.76. The highest BCUT2D eigenvalue weighted by Gasteiger charge is 2.18. The van der Waals surface area contributed by atoms with Crippen molar-refractivity contribution in [3.8, 4) is 0 Å². The molecule has 96 valence electrons. The minimum atomic E-state index is -0.909. The largest absolute Gasteiger partial charge is 0.388 e. The maximum Gasteiger partial charge on any atom is 0.130 e. The van der Waals surface area contributed by atoms with Crippen molar-refractivity contribution >= 4 is 15.9 Å². The highest BCUT2D eigenvalue weighted by atomic mass is 79.9. The lowest BCUT2D eigenvalue weighted by Gasteiger charge is -2.14. The SMILES string of the molecule is CCn1ccnc1CC(O)c1c(F)cccc1Br. The van der Waals surface area contributed by atoms with E-state index in [1.54, 1.807) is 18.3 Å². The third-order valence-electron chi connectivity index (χ3n) is 2.85. The van der Waals surface area contributed by atoms with Crippen LogP contribution in [0, 0.1) is 5.82 Å². The molecule has 1 aromatic heterocycles. The monoisotopic (exact) mass is 312 g/mol. The van der Waals surface area contributed by atoms with E-state index in [0.717, 1.165) is 12.4 Å². The normalized spacial score (nSPS) is 12.7. The van der Waals surface area contributed by atoms with Gasteiger partial charge < -0.3 is 9.67 Å². The van der Waals surface area contributed by atoms with E-state index in [-0.39, 0.29) is 5.56 Å². The summed E-state index contributed by atoms with van der Waals surface area (Å²) < 4.78 is 16.2. The van der Waals surface area contributed by atoms with Gasteiger partial charge >= 0.3 is 0 Å². The molecule has 1 atom stereocenters. The van der Waals surface area contributed by atoms with Crippen LogP contribution in [0.1, 0.15) is 24.4 Å². The number of nitrogens with zero attached hydrogens (tertiary/aromatic N) is 2. The predicted molar refractivity (Wildman–Crippen MR) is 70.7 cm³/mol. The van der Waals surface area contributed by atoms with E-state index in [0.29, 0.717) is 10.9 Å². The molecule has 1 unspecified atom stereocenters. The van der Waals surface area contributed by atoms with Crippen molar-refractivity contribution < 1.29 is 9.50 Å². The summed E-state index contributed by atoms with van der Waals surface area (Å²) in [6.45, 7) is 2.77. The molecule has 0 aliphatic rings. The van der Waals surface area contributed by atoms with Crippen molar-refractivity contribution in [3.05, 3.63) is 52.3 Å². The highest BCUT2D eigenvalue weighted by molar-refractivity contribution is 9.10. The number of benzene rings is 1. The van der Waals surface area contributed by atoms with E-state index < -0.39 is 11.9 Å². The molecule has 0 saturated carbocycles. The van der Waals surface area contributed by atoms with E-state index in [9.17, 15) is 9.50 Å². The summed E-state index contributed by atoms with van der Waals surface area (Å²) in [5.74, 6) is 0.339. The van der Waals surface area contributed by atoms with Crippen molar-refractivity contribution in [2.75, 3.05) is 0 Å². The second-order valence-corrected chi connectivity index (χ2v) is 4.84. The minimum Gasteiger partial charge on any atom is -0.388 e. The van der Waals surface area contributed by atoms with Crippen LogP contribution >= 0.6 is 15.9 Å². The smallest absolute Gasteiger partial charge is 0.130 e. The first-order valence-electron chi connectivity index (χ1n) is 5.75. The first-order valence-corrected chi connectivity index (χ1v) is 6.54. The molecular weight excluding hydrogens is 299 g/mol. The fourth-order valence-corrected chi connectivity index (χ4v) is 2.53. The molecule has 0 spiro atoms. The minimum absolute atomic E-state index is 0.281. The topological polar surface area (TPSA) is 38.0 Å². The summed E-state index contributed by atoms with van der Waals surface area (Å²) in [6.07, 6.45) is 2.91. The number of rotatable bonds is 4. The Morgan fingerprint density at radius 2 is 2.28 bits per heavy atom. The van der Waals surface area contributed by atoms with Crippen molar-refractivity contribution in [2.45, 2.75) is 26.0 Å². The summed E-state index contributed by atoms with van der Waals surface area (Å²) in [6, 6.07) is 4.66. The summed E-state index contributed by atoms with van der Waals surface area (Å²) in [4.78, 5) is 4.18. The Kier molecular flexibility index (Phi) is 4.14. The number of hydrogen-bond donors (Lipinski definition) is 1. The molecule has 2 aromatic rings. The molecule has 0 radical (unpaired) electrons. The zero-order valence-corrected chi connectivity index (χ0v) is 11.6. The molecule has 18 heavy (non-hydrogen) atoms. The quantitative estimate of drug-likeness (QED) is 0.942. The van der Waals surface area contributed by atoms with E-state index >= 15 is 0 Å². The Morgan fingerprint density at radius 1 is 1.50 bits per heavy atom. The Hall–Kier alpha value is -1.20. The van der Waals surface area contributed by atoms with Crippen LogP contribution in [0.3, 0.4) is 0 Å². The predicted octanol–water partition coefficient (Wildman–Crippen LogP) is 3.08. The fourth-order valence-electron chi connectivity index (χ4n) is 1.92. The number of hydrogen-bond acceptors (Lipinski definition) is 2. The van der Waals surface area contributed by atoms with Crippen molar-refractivity contribution in [3.63, 3.8) is 0 Å². The number of aliphatic hydroxyl groups excluding tert-OH is 1. The number of imidazole rings is 1. The molecule has 5 heteroatoms. The van der Waals surface area contributed by atoms with E-state index in [1.165, 1.54) is 6.07 Å². The molecule has 0 aliphatic heterocycles. The average molecular weight is 313 g/mol. The molecule has 0 aliphatic carbocycles. The molecule has 0 amide bonds. The van der Waals surface area contributed by atoms with Crippen LogP contribution in [0.2, 0.25) is 0 Å². The molecule has 1 heterocycles. The number of aryl methyl sites for hydroxylation is 1. The summed E-state index contributed by atoms with van der Waals surface area (Å²) >= 11 is 3.26. The molecule has 0 fully saturated rings. The van der Waals surface area contributed by atoms with Gasteiger partial charge in [0.05, 0.1) is 6.10 Å². The van der Waals surface area contributed by atoms with Crippen LogP contribution in [-0.2, 0) is 13.0 Å². The van der Waals surface area contributed by atoms with Gasteiger partial charge in [0, 0.05) is 35.4 Å². The first-order chi connectivity index (χ1) is 8.63. The van der Waals surface area contributed by atoms with Gasteiger partial charge in [-0.15, -0.1) is 0 Å². The molecule has 2 rings (SSSR count). The van der Waals surface area contributed by atoms with Gasteiger partial charge in [0.25, 0.3) is 0 Å². The van der Waals surface area contributed by atoms with Gasteiger partial charge in [0.1, 0.15) is 11.6 Å². The second kappa shape index (κ2) is 5.63. The zero-order chi connectivity index (χ0) is 13.1. The van der Waals surface area contributed by atoms with Gasteiger partial charge in [-0.1, -0.05) is 22.0 Å². The van der Waals surface area contributed by atoms with Crippen molar-refractivity contribution in [1.29, 1.82) is 0 Å². The number of halogens is 2. The fraction of sp³-hybridized carbons (Fsp3) is 0.308. The Bertz CT molecular complexity index is 521. The second-order valence-electron chi connectivity index (χ2n) is 3.98. The van der Waals surface area contributed by atoms with Gasteiger partial charge in [0.15, 0.2) is 0 Å². The van der Waals surface area contributed by atoms with Crippen LogP contribution in [0.5, 0.6) is 0 Å². The van der Waals surface area contributed by atoms with Gasteiger partial charge in [-0.2, -0.15) is 0 Å². The maximum atomic E-state index is 13.7. The van der Waals surface area contributed by atoms with Crippen LogP contribution in [0.25, 0.3) is 0 Å². The van der Waals surface area contributed by atoms with Crippen molar-refractivity contribution in [2.24, 2.45) is 0 Å². The number of aromatic nitrogens is 2. The van der Waals surface area contributed by atoms with Gasteiger partial charge in [0.2, 0.25) is 0 Å². The Labute approximate surface area is 113 Å². The lowest BCUT2D eigenvalue weighted by atomic mass is 10.1. The van der Waals surface area contributed by atoms with Gasteiger partial charge in [-0.05, 0) is 19.1 Å². The van der Waals surface area contributed by atoms with Crippen LogP contribution in [-0.4, -0.2) is 14.7 Å². The van der Waals surface area contributed by atoms with Crippen LogP contribution in [0.4, 0.5) is 4.39 Å². The lowest BCUT2D eigenvalue weighted by molar-refractivity contribution is 0.169. The van der Waals surface area contributed by atoms with Gasteiger partial charge in [-0.25, -0.2) is 9.37 Å². The molecular formula is C13H14BrFN2O. The summed E-state index contributed by atoms with van der Waals surface area (Å²) in [5.41, 5.74) is 0.281. The molecule has 0 bridgehead atoms. The van der Waals surface area contributed by atoms with E-state index in [4.69, 9.17) is 0 Å². The summed E-state index contributed by atoms with van der Waals surface area (Å²) in [7, 11) is 0. The molecule has 3 nitrogen and oxygen atoms in total. The highest BCUT2D eigenvalue weighted by Crippen LogP contribution is 2.28. The summed E-state index contributed by atoms with van der Waals surface area (Å²) in [5, 5.41) is 10.2. The first kappa shape index (κ1) is 13.2.